The molecular weight excluding hydrogens is 272 g/mol. The summed E-state index contributed by atoms with van der Waals surface area (Å²) in [7, 11) is 1.91. The molecule has 0 bridgehead atoms. The van der Waals surface area contributed by atoms with Crippen molar-refractivity contribution in [3.63, 3.8) is 0 Å². The largest absolute Gasteiger partial charge is 0.379 e. The van der Waals surface area contributed by atoms with Gasteiger partial charge in [-0.3, -0.25) is 4.79 Å². The Bertz CT molecular complexity index is 649. The zero-order valence-corrected chi connectivity index (χ0v) is 12.1. The molecule has 0 radical (unpaired) electrons. The predicted octanol–water partition coefficient (Wildman–Crippen LogP) is -0.0238. The third-order valence-electron chi connectivity index (χ3n) is 3.59. The second kappa shape index (κ2) is 5.28. The van der Waals surface area contributed by atoms with Crippen LogP contribution >= 0.6 is 0 Å². The van der Waals surface area contributed by atoms with E-state index < -0.39 is 5.91 Å². The van der Waals surface area contributed by atoms with Gasteiger partial charge < -0.3 is 15.0 Å². The number of nitrogens with zero attached hydrogens (tertiary/aromatic N) is 5. The first-order valence-corrected chi connectivity index (χ1v) is 6.86. The number of imidazole rings is 1. The molecule has 1 atom stereocenters. The fourth-order valence-corrected chi connectivity index (χ4v) is 2.60. The molecule has 1 unspecified atom stereocenters. The Hall–Kier alpha value is -2.22. The first-order valence-electron chi connectivity index (χ1n) is 6.86. The summed E-state index contributed by atoms with van der Waals surface area (Å²) in [4.78, 5) is 19.9. The Morgan fingerprint density at radius 2 is 2.38 bits per heavy atom. The molecule has 0 aliphatic carbocycles. The zero-order chi connectivity index (χ0) is 15.0. The van der Waals surface area contributed by atoms with Gasteiger partial charge in [-0.25, -0.2) is 14.6 Å². The Morgan fingerprint density at radius 3 is 2.95 bits per heavy atom. The molecule has 1 saturated heterocycles. The van der Waals surface area contributed by atoms with Gasteiger partial charge in [0.25, 0.3) is 0 Å². The van der Waals surface area contributed by atoms with Crippen molar-refractivity contribution in [2.45, 2.75) is 25.8 Å². The maximum absolute atomic E-state index is 11.1. The molecule has 1 fully saturated rings. The van der Waals surface area contributed by atoms with Gasteiger partial charge in [0.1, 0.15) is 5.69 Å². The van der Waals surface area contributed by atoms with Gasteiger partial charge in [0.05, 0.1) is 31.1 Å². The first-order chi connectivity index (χ1) is 10.1. The molecule has 2 aromatic rings. The van der Waals surface area contributed by atoms with Crippen LogP contribution in [0.2, 0.25) is 0 Å². The normalized spacial score (nSPS) is 18.3. The molecular formula is C13H18N6O2. The smallest absolute Gasteiger partial charge is 0.225 e. The molecule has 0 saturated carbocycles. The highest BCUT2D eigenvalue weighted by molar-refractivity contribution is 5.75. The highest BCUT2D eigenvalue weighted by atomic mass is 16.5. The summed E-state index contributed by atoms with van der Waals surface area (Å²) in [6.07, 6.45) is 2.65. The maximum atomic E-state index is 11.1. The number of hydrogen-bond donors (Lipinski definition) is 1. The van der Waals surface area contributed by atoms with E-state index >= 15 is 0 Å². The van der Waals surface area contributed by atoms with E-state index in [4.69, 9.17) is 10.5 Å². The highest BCUT2D eigenvalue weighted by Gasteiger charge is 2.26. The van der Waals surface area contributed by atoms with Gasteiger partial charge in [0.2, 0.25) is 5.91 Å². The molecule has 8 nitrogen and oxygen atoms in total. The highest BCUT2D eigenvalue weighted by Crippen LogP contribution is 2.27. The van der Waals surface area contributed by atoms with Gasteiger partial charge in [-0.2, -0.15) is 5.10 Å². The lowest BCUT2D eigenvalue weighted by atomic mass is 10.2. The average Bonchev–Trinajstić information content (AvgIpc) is 3.10. The van der Waals surface area contributed by atoms with Crippen LogP contribution in [0.15, 0.2) is 6.33 Å². The summed E-state index contributed by atoms with van der Waals surface area (Å²) in [6, 6.07) is 0.128. The minimum absolute atomic E-state index is 0.0322. The standard InChI is InChI=1S/C13H18N6O2/c1-8-12(18(2)7-15-8)13-16-11(5-10(14)20)17-19(13)9-3-4-21-6-9/h7,9H,3-6H2,1-2H3,(H2,14,20). The maximum Gasteiger partial charge on any atom is 0.225 e. The van der Waals surface area contributed by atoms with Crippen molar-refractivity contribution in [3.05, 3.63) is 17.8 Å². The van der Waals surface area contributed by atoms with Crippen molar-refractivity contribution in [1.29, 1.82) is 0 Å². The number of hydrogen-bond acceptors (Lipinski definition) is 5. The van der Waals surface area contributed by atoms with Crippen molar-refractivity contribution in [2.75, 3.05) is 13.2 Å². The van der Waals surface area contributed by atoms with Crippen LogP contribution in [-0.2, 0) is 23.0 Å². The van der Waals surface area contributed by atoms with Crippen LogP contribution < -0.4 is 5.73 Å². The number of ether oxygens (including phenoxy) is 1. The van der Waals surface area contributed by atoms with Crippen LogP contribution in [0.3, 0.4) is 0 Å². The van der Waals surface area contributed by atoms with Gasteiger partial charge >= 0.3 is 0 Å². The van der Waals surface area contributed by atoms with Gasteiger partial charge in [0.15, 0.2) is 11.6 Å². The second-order valence-corrected chi connectivity index (χ2v) is 5.25. The lowest BCUT2D eigenvalue weighted by Gasteiger charge is -2.12. The number of carbonyl (C=O) groups excluding carboxylic acids is 1. The lowest BCUT2D eigenvalue weighted by Crippen LogP contribution is -2.16. The van der Waals surface area contributed by atoms with Crippen LogP contribution in [0.5, 0.6) is 0 Å². The van der Waals surface area contributed by atoms with E-state index in [2.05, 4.69) is 15.1 Å². The summed E-state index contributed by atoms with van der Waals surface area (Å²) < 4.78 is 9.18. The molecule has 0 spiro atoms. The lowest BCUT2D eigenvalue weighted by molar-refractivity contribution is -0.117. The van der Waals surface area contributed by atoms with E-state index in [0.29, 0.717) is 24.9 Å². The first kappa shape index (κ1) is 13.7. The minimum Gasteiger partial charge on any atom is -0.379 e. The summed E-state index contributed by atoms with van der Waals surface area (Å²) >= 11 is 0. The number of aryl methyl sites for hydroxylation is 2. The second-order valence-electron chi connectivity index (χ2n) is 5.25. The summed E-state index contributed by atoms with van der Waals surface area (Å²) in [6.45, 7) is 3.23. The van der Waals surface area contributed by atoms with Crippen LogP contribution in [0, 0.1) is 6.92 Å². The van der Waals surface area contributed by atoms with Crippen LogP contribution in [0.25, 0.3) is 11.5 Å². The summed E-state index contributed by atoms with van der Waals surface area (Å²) in [5.41, 5.74) is 7.01. The molecule has 0 aromatic carbocycles. The number of primary amides is 1. The number of rotatable bonds is 4. The quantitative estimate of drug-likeness (QED) is 0.852. The summed E-state index contributed by atoms with van der Waals surface area (Å²) in [5, 5.41) is 4.45. The van der Waals surface area contributed by atoms with Crippen molar-refractivity contribution < 1.29 is 9.53 Å². The molecule has 3 heterocycles. The Balaban J connectivity index is 2.08. The topological polar surface area (TPSA) is 101 Å². The summed E-state index contributed by atoms with van der Waals surface area (Å²) in [5.74, 6) is 0.701. The molecule has 8 heteroatoms. The van der Waals surface area contributed by atoms with Gasteiger partial charge in [-0.1, -0.05) is 0 Å². The molecule has 3 rings (SSSR count). The number of carbonyl (C=O) groups is 1. The van der Waals surface area contributed by atoms with E-state index in [-0.39, 0.29) is 12.5 Å². The minimum atomic E-state index is -0.442. The molecule has 2 aromatic heterocycles. The van der Waals surface area contributed by atoms with Crippen LogP contribution in [-0.4, -0.2) is 43.4 Å². The van der Waals surface area contributed by atoms with E-state index in [9.17, 15) is 4.79 Å². The molecule has 1 aliphatic heterocycles. The number of aromatic nitrogens is 5. The van der Waals surface area contributed by atoms with E-state index in [1.165, 1.54) is 0 Å². The fraction of sp³-hybridized carbons (Fsp3) is 0.538. The molecule has 2 N–H and O–H groups in total. The Labute approximate surface area is 121 Å². The van der Waals surface area contributed by atoms with E-state index in [0.717, 1.165) is 17.8 Å². The average molecular weight is 290 g/mol. The van der Waals surface area contributed by atoms with Crippen LogP contribution in [0.4, 0.5) is 0 Å². The third-order valence-corrected chi connectivity index (χ3v) is 3.59. The molecule has 1 aliphatic rings. The van der Waals surface area contributed by atoms with Gasteiger partial charge in [-0.15, -0.1) is 0 Å². The number of amides is 1. The van der Waals surface area contributed by atoms with Gasteiger partial charge in [0, 0.05) is 13.7 Å². The Morgan fingerprint density at radius 1 is 1.57 bits per heavy atom. The van der Waals surface area contributed by atoms with Crippen LogP contribution in [0.1, 0.15) is 24.0 Å². The van der Waals surface area contributed by atoms with Crippen molar-refractivity contribution in [3.8, 4) is 11.5 Å². The van der Waals surface area contributed by atoms with Crippen molar-refractivity contribution in [1.82, 2.24) is 24.3 Å². The van der Waals surface area contributed by atoms with E-state index in [1.807, 2.05) is 23.2 Å². The molecule has 1 amide bonds. The van der Waals surface area contributed by atoms with Crippen molar-refractivity contribution in [2.24, 2.45) is 12.8 Å². The Kier molecular flexibility index (Phi) is 3.46. The van der Waals surface area contributed by atoms with E-state index in [1.54, 1.807) is 6.33 Å². The third kappa shape index (κ3) is 2.54. The monoisotopic (exact) mass is 290 g/mol. The predicted molar refractivity (Wildman–Crippen MR) is 74.3 cm³/mol. The molecule has 112 valence electrons. The van der Waals surface area contributed by atoms with Crippen molar-refractivity contribution >= 4 is 5.91 Å². The SMILES string of the molecule is Cc1ncn(C)c1-c1nc(CC(N)=O)nn1C1CCOC1. The molecule has 21 heavy (non-hydrogen) atoms. The number of nitrogens with two attached hydrogens (primary N) is 1. The van der Waals surface area contributed by atoms with Gasteiger partial charge in [-0.05, 0) is 13.3 Å². The fourth-order valence-electron chi connectivity index (χ4n) is 2.60. The zero-order valence-electron chi connectivity index (χ0n) is 12.1.